The Morgan fingerprint density at radius 1 is 1.33 bits per heavy atom. The summed E-state index contributed by atoms with van der Waals surface area (Å²) in [4.78, 5) is 41.8. The van der Waals surface area contributed by atoms with E-state index in [2.05, 4.69) is 0 Å². The Labute approximate surface area is 183 Å². The molecule has 1 aromatic rings. The Bertz CT molecular complexity index is 911. The van der Waals surface area contributed by atoms with Crippen LogP contribution in [0.5, 0.6) is 11.5 Å². The smallest absolute Gasteiger partial charge is 0.314 e. The van der Waals surface area contributed by atoms with Gasteiger partial charge in [-0.25, -0.2) is 0 Å². The first-order chi connectivity index (χ1) is 14.3. The number of ether oxygens (including phenoxy) is 3. The van der Waals surface area contributed by atoms with E-state index in [1.54, 1.807) is 35.9 Å². The molecule has 0 aromatic heterocycles. The van der Waals surface area contributed by atoms with Gasteiger partial charge in [0.1, 0.15) is 0 Å². The lowest BCUT2D eigenvalue weighted by Gasteiger charge is -2.43. The van der Waals surface area contributed by atoms with E-state index in [1.807, 2.05) is 13.0 Å². The minimum Gasteiger partial charge on any atom is -0.469 e. The van der Waals surface area contributed by atoms with Crippen LogP contribution < -0.4 is 9.47 Å². The highest BCUT2D eigenvalue weighted by Crippen LogP contribution is 2.63. The van der Waals surface area contributed by atoms with Crippen molar-refractivity contribution in [1.29, 1.82) is 0 Å². The molecule has 30 heavy (non-hydrogen) atoms. The first kappa shape index (κ1) is 21.2. The zero-order valence-corrected chi connectivity index (χ0v) is 18.9. The summed E-state index contributed by atoms with van der Waals surface area (Å²) < 4.78 is 16.1. The largest absolute Gasteiger partial charge is 0.469 e. The van der Waals surface area contributed by atoms with Gasteiger partial charge in [0.2, 0.25) is 12.7 Å². The SMILES string of the molecule is CCN(C)C(=O)[C@@]12C[C@](C)(C(=O)OC)[C@H](c3ccc4c(c3)OCO4)N1C(=O)CSS2. The van der Waals surface area contributed by atoms with Gasteiger partial charge in [0, 0.05) is 20.0 Å². The van der Waals surface area contributed by atoms with E-state index in [-0.39, 0.29) is 30.8 Å². The number of fused-ring (bicyclic) bond motifs is 2. The van der Waals surface area contributed by atoms with Crippen molar-refractivity contribution in [2.75, 3.05) is 33.2 Å². The molecule has 0 unspecified atom stereocenters. The third-order valence-electron chi connectivity index (χ3n) is 6.02. The third kappa shape index (κ3) is 2.95. The maximum atomic E-state index is 13.5. The first-order valence-electron chi connectivity index (χ1n) is 9.65. The average molecular weight is 453 g/mol. The summed E-state index contributed by atoms with van der Waals surface area (Å²) in [5.74, 6) is 0.582. The van der Waals surface area contributed by atoms with Crippen LogP contribution in [0, 0.1) is 5.41 Å². The number of amides is 2. The van der Waals surface area contributed by atoms with Gasteiger partial charge in [0.25, 0.3) is 5.91 Å². The third-order valence-corrected chi connectivity index (χ3v) is 8.83. The Balaban J connectivity index is 1.90. The highest BCUT2D eigenvalue weighted by atomic mass is 33.1. The Morgan fingerprint density at radius 3 is 2.77 bits per heavy atom. The highest BCUT2D eigenvalue weighted by molar-refractivity contribution is 8.77. The molecule has 1 aromatic carbocycles. The normalized spacial score (nSPS) is 29.5. The minimum absolute atomic E-state index is 0.122. The second-order valence-electron chi connectivity index (χ2n) is 7.81. The number of esters is 1. The number of carbonyl (C=O) groups excluding carboxylic acids is 3. The molecule has 2 amide bonds. The van der Waals surface area contributed by atoms with Gasteiger partial charge in [-0.2, -0.15) is 0 Å². The lowest BCUT2D eigenvalue weighted by molar-refractivity contribution is -0.154. The second-order valence-corrected chi connectivity index (χ2v) is 10.4. The van der Waals surface area contributed by atoms with Crippen LogP contribution in [-0.2, 0) is 19.1 Å². The van der Waals surface area contributed by atoms with Gasteiger partial charge in [-0.3, -0.25) is 14.4 Å². The van der Waals surface area contributed by atoms with Gasteiger partial charge in [-0.05, 0) is 31.5 Å². The van der Waals surface area contributed by atoms with Crippen molar-refractivity contribution in [3.05, 3.63) is 23.8 Å². The summed E-state index contributed by atoms with van der Waals surface area (Å²) in [6, 6.07) is 4.71. The summed E-state index contributed by atoms with van der Waals surface area (Å²) in [6.45, 7) is 4.27. The molecule has 3 aliphatic rings. The van der Waals surface area contributed by atoms with E-state index >= 15 is 0 Å². The molecule has 3 aliphatic heterocycles. The number of carbonyl (C=O) groups is 3. The van der Waals surface area contributed by atoms with Gasteiger partial charge < -0.3 is 24.0 Å². The maximum Gasteiger partial charge on any atom is 0.314 e. The van der Waals surface area contributed by atoms with Crippen LogP contribution in [0.25, 0.3) is 0 Å². The molecule has 2 saturated heterocycles. The summed E-state index contributed by atoms with van der Waals surface area (Å²) in [6.07, 6.45) is 0.165. The topological polar surface area (TPSA) is 85.4 Å². The number of benzene rings is 1. The molecule has 10 heteroatoms. The van der Waals surface area contributed by atoms with E-state index in [4.69, 9.17) is 14.2 Å². The van der Waals surface area contributed by atoms with Crippen LogP contribution in [0.4, 0.5) is 0 Å². The monoisotopic (exact) mass is 452 g/mol. The molecule has 3 heterocycles. The standard InChI is InChI=1S/C20H24N2O6S2/c1-5-21(3)17(24)20-10-19(2,18(25)26-4)16(22(20)15(23)9-29-30-20)12-6-7-13-14(8-12)28-11-27-13/h6-8,16H,5,9-11H2,1-4H3/t16-,19-,20-/m0/s1. The summed E-state index contributed by atoms with van der Waals surface area (Å²) in [5, 5.41) is 0. The fraction of sp³-hybridized carbons (Fsp3) is 0.550. The molecule has 0 bridgehead atoms. The van der Waals surface area contributed by atoms with E-state index < -0.39 is 22.3 Å². The summed E-state index contributed by atoms with van der Waals surface area (Å²) in [7, 11) is 5.75. The van der Waals surface area contributed by atoms with Gasteiger partial charge in [0.05, 0.1) is 24.3 Å². The fourth-order valence-corrected chi connectivity index (χ4v) is 7.57. The number of hydrogen-bond donors (Lipinski definition) is 0. The molecule has 162 valence electrons. The van der Waals surface area contributed by atoms with Crippen molar-refractivity contribution in [3.63, 3.8) is 0 Å². The van der Waals surface area contributed by atoms with Crippen molar-refractivity contribution >= 4 is 39.4 Å². The average Bonchev–Trinajstić information content (AvgIpc) is 3.32. The summed E-state index contributed by atoms with van der Waals surface area (Å²) in [5.41, 5.74) is -0.401. The zero-order valence-electron chi connectivity index (χ0n) is 17.3. The Kier molecular flexibility index (Phi) is 5.34. The molecule has 0 N–H and O–H groups in total. The number of likely N-dealkylation sites (N-methyl/N-ethyl adjacent to an activating group) is 1. The molecule has 3 atom stereocenters. The van der Waals surface area contributed by atoms with Gasteiger partial charge in [-0.15, -0.1) is 0 Å². The van der Waals surface area contributed by atoms with Crippen molar-refractivity contribution in [3.8, 4) is 11.5 Å². The van der Waals surface area contributed by atoms with Crippen LogP contribution in [-0.4, -0.2) is 65.7 Å². The van der Waals surface area contributed by atoms with Crippen LogP contribution in [0.3, 0.4) is 0 Å². The predicted molar refractivity (Wildman–Crippen MR) is 113 cm³/mol. The number of rotatable bonds is 4. The number of nitrogens with zero attached hydrogens (tertiary/aromatic N) is 2. The Morgan fingerprint density at radius 2 is 2.07 bits per heavy atom. The molecule has 0 aliphatic carbocycles. The maximum absolute atomic E-state index is 13.5. The van der Waals surface area contributed by atoms with E-state index in [9.17, 15) is 14.4 Å². The predicted octanol–water partition coefficient (Wildman–Crippen LogP) is 2.44. The summed E-state index contributed by atoms with van der Waals surface area (Å²) >= 11 is 0. The van der Waals surface area contributed by atoms with E-state index in [0.29, 0.717) is 23.6 Å². The zero-order chi connectivity index (χ0) is 21.7. The van der Waals surface area contributed by atoms with Crippen LogP contribution in [0.1, 0.15) is 31.9 Å². The van der Waals surface area contributed by atoms with Gasteiger partial charge >= 0.3 is 5.97 Å². The molecule has 2 fully saturated rings. The highest BCUT2D eigenvalue weighted by Gasteiger charge is 2.68. The van der Waals surface area contributed by atoms with Crippen LogP contribution in [0.15, 0.2) is 18.2 Å². The van der Waals surface area contributed by atoms with Gasteiger partial charge in [-0.1, -0.05) is 27.7 Å². The van der Waals surface area contributed by atoms with E-state index in [1.165, 1.54) is 28.7 Å². The fourth-order valence-electron chi connectivity index (χ4n) is 4.51. The number of methoxy groups -OCH3 is 1. The van der Waals surface area contributed by atoms with Crippen molar-refractivity contribution in [1.82, 2.24) is 9.80 Å². The molecule has 0 radical (unpaired) electrons. The Hall–Kier alpha value is -2.07. The van der Waals surface area contributed by atoms with Crippen molar-refractivity contribution in [2.45, 2.75) is 31.2 Å². The lowest BCUT2D eigenvalue weighted by Crippen LogP contribution is -2.57. The van der Waals surface area contributed by atoms with Gasteiger partial charge in [0.15, 0.2) is 16.4 Å². The molecule has 4 rings (SSSR count). The molecular weight excluding hydrogens is 428 g/mol. The molecule has 0 saturated carbocycles. The molecule has 0 spiro atoms. The second kappa shape index (κ2) is 7.56. The lowest BCUT2D eigenvalue weighted by atomic mass is 9.78. The van der Waals surface area contributed by atoms with Crippen LogP contribution >= 0.6 is 21.6 Å². The minimum atomic E-state index is -1.19. The quantitative estimate of drug-likeness (QED) is 0.509. The van der Waals surface area contributed by atoms with Crippen molar-refractivity contribution in [2.24, 2.45) is 5.41 Å². The number of hydrogen-bond acceptors (Lipinski definition) is 8. The van der Waals surface area contributed by atoms with E-state index in [0.717, 1.165) is 0 Å². The molecule has 8 nitrogen and oxygen atoms in total. The van der Waals surface area contributed by atoms with Crippen molar-refractivity contribution < 1.29 is 28.6 Å². The molecular formula is C20H24N2O6S2. The van der Waals surface area contributed by atoms with Crippen LogP contribution in [0.2, 0.25) is 0 Å². The first-order valence-corrected chi connectivity index (χ1v) is 12.0.